The van der Waals surface area contributed by atoms with Crippen LogP contribution < -0.4 is 10.6 Å². The Bertz CT molecular complexity index is 921. The van der Waals surface area contributed by atoms with Crippen LogP contribution in [-0.4, -0.2) is 29.0 Å². The number of hydrogen-bond acceptors (Lipinski definition) is 5. The molecule has 1 saturated heterocycles. The summed E-state index contributed by atoms with van der Waals surface area (Å²) >= 11 is 1.57. The molecule has 0 bridgehead atoms. The predicted octanol–water partition coefficient (Wildman–Crippen LogP) is 4.14. The third kappa shape index (κ3) is 3.87. The zero-order chi connectivity index (χ0) is 17.2. The number of para-hydroxylation sites is 1. The second-order valence-electron chi connectivity index (χ2n) is 6.39. The fourth-order valence-corrected chi connectivity index (χ4v) is 4.25. The van der Waals surface area contributed by atoms with E-state index in [1.807, 2.05) is 43.5 Å². The van der Waals surface area contributed by atoms with Gasteiger partial charge in [-0.3, -0.25) is 10.1 Å². The molecule has 3 heterocycles. The van der Waals surface area contributed by atoms with Gasteiger partial charge in [-0.15, -0.1) is 23.7 Å². The van der Waals surface area contributed by atoms with Crippen molar-refractivity contribution in [3.63, 3.8) is 0 Å². The van der Waals surface area contributed by atoms with Crippen molar-refractivity contribution in [1.82, 2.24) is 15.3 Å². The average Bonchev–Trinajstić information content (AvgIpc) is 3.11. The highest BCUT2D eigenvalue weighted by molar-refractivity contribution is 7.15. The summed E-state index contributed by atoms with van der Waals surface area (Å²) in [6.45, 7) is 4.09. The third-order valence-corrected chi connectivity index (χ3v) is 5.72. The van der Waals surface area contributed by atoms with Crippen LogP contribution in [0.1, 0.15) is 39.7 Å². The van der Waals surface area contributed by atoms with Gasteiger partial charge < -0.3 is 5.32 Å². The van der Waals surface area contributed by atoms with E-state index in [1.54, 1.807) is 11.3 Å². The topological polar surface area (TPSA) is 66.9 Å². The fraction of sp³-hybridized carbons (Fsp3) is 0.316. The van der Waals surface area contributed by atoms with Gasteiger partial charge in [0.2, 0.25) is 0 Å². The van der Waals surface area contributed by atoms with Crippen LogP contribution in [0.5, 0.6) is 0 Å². The molecule has 0 aliphatic carbocycles. The number of aryl methyl sites for hydroxylation is 1. The third-order valence-electron chi connectivity index (χ3n) is 4.64. The zero-order valence-electron chi connectivity index (χ0n) is 14.5. The lowest BCUT2D eigenvalue weighted by Crippen LogP contribution is -2.26. The molecule has 4 rings (SSSR count). The summed E-state index contributed by atoms with van der Waals surface area (Å²) in [4.78, 5) is 22.7. The minimum absolute atomic E-state index is 0. The molecule has 1 aliphatic rings. The van der Waals surface area contributed by atoms with E-state index in [0.717, 1.165) is 42.4 Å². The van der Waals surface area contributed by atoms with Gasteiger partial charge in [-0.25, -0.2) is 9.97 Å². The summed E-state index contributed by atoms with van der Waals surface area (Å²) in [5, 5.41) is 7.99. The number of piperidine rings is 1. The van der Waals surface area contributed by atoms with Crippen molar-refractivity contribution in [3.8, 4) is 0 Å². The van der Waals surface area contributed by atoms with E-state index in [2.05, 4.69) is 20.6 Å². The number of carbonyl (C=O) groups excluding carboxylic acids is 1. The van der Waals surface area contributed by atoms with Gasteiger partial charge in [0.25, 0.3) is 5.91 Å². The van der Waals surface area contributed by atoms with Crippen molar-refractivity contribution in [2.45, 2.75) is 25.7 Å². The van der Waals surface area contributed by atoms with E-state index in [-0.39, 0.29) is 18.3 Å². The average molecular weight is 389 g/mol. The Morgan fingerprint density at radius 2 is 2.04 bits per heavy atom. The van der Waals surface area contributed by atoms with Gasteiger partial charge in [0.05, 0.1) is 5.52 Å². The fourth-order valence-electron chi connectivity index (χ4n) is 3.27. The monoisotopic (exact) mass is 388 g/mol. The smallest absolute Gasteiger partial charge is 0.276 e. The van der Waals surface area contributed by atoms with Crippen molar-refractivity contribution < 1.29 is 4.79 Å². The Kier molecular flexibility index (Phi) is 5.86. The first-order chi connectivity index (χ1) is 12.2. The number of thiazole rings is 1. The second kappa shape index (κ2) is 8.12. The van der Waals surface area contributed by atoms with Gasteiger partial charge in [-0.1, -0.05) is 18.2 Å². The lowest BCUT2D eigenvalue weighted by molar-refractivity contribution is 0.102. The van der Waals surface area contributed by atoms with Gasteiger partial charge in [-0.2, -0.15) is 0 Å². The Hall–Kier alpha value is -2.02. The normalized spacial score (nSPS) is 14.8. The van der Waals surface area contributed by atoms with E-state index in [9.17, 15) is 4.79 Å². The summed E-state index contributed by atoms with van der Waals surface area (Å²) in [6.07, 6.45) is 4.15. The molecule has 26 heavy (non-hydrogen) atoms. The first kappa shape index (κ1) is 18.8. The van der Waals surface area contributed by atoms with E-state index in [4.69, 9.17) is 0 Å². The van der Waals surface area contributed by atoms with Crippen LogP contribution in [0.15, 0.2) is 36.5 Å². The highest BCUT2D eigenvalue weighted by atomic mass is 35.5. The summed E-state index contributed by atoms with van der Waals surface area (Å²) < 4.78 is 0. The van der Waals surface area contributed by atoms with Crippen LogP contribution in [0.2, 0.25) is 0 Å². The molecular formula is C19H21ClN4OS. The number of rotatable bonds is 3. The van der Waals surface area contributed by atoms with E-state index >= 15 is 0 Å². The number of hydrogen-bond donors (Lipinski definition) is 2. The summed E-state index contributed by atoms with van der Waals surface area (Å²) in [6, 6.07) is 9.69. The molecule has 2 N–H and O–H groups in total. The summed E-state index contributed by atoms with van der Waals surface area (Å²) in [5.74, 6) is 0.338. The summed E-state index contributed by atoms with van der Waals surface area (Å²) in [5.41, 5.74) is 2.31. The number of benzene rings is 1. The van der Waals surface area contributed by atoms with Crippen LogP contribution in [0.3, 0.4) is 0 Å². The highest BCUT2D eigenvalue weighted by Crippen LogP contribution is 2.31. The molecular weight excluding hydrogens is 368 g/mol. The van der Waals surface area contributed by atoms with Gasteiger partial charge in [0, 0.05) is 16.5 Å². The molecule has 7 heteroatoms. The van der Waals surface area contributed by atoms with Crippen LogP contribution in [0.4, 0.5) is 5.13 Å². The standard InChI is InChI=1S/C19H20N4OS.ClH/c1-12-10-16(22-15-5-3-2-4-14(12)15)18(24)23-19-21-11-17(25-19)13-6-8-20-9-7-13;/h2-5,10-11,13,20H,6-9H2,1H3,(H,21,23,24);1H. The molecule has 0 unspecified atom stereocenters. The number of nitrogens with zero attached hydrogens (tertiary/aromatic N) is 2. The minimum Gasteiger partial charge on any atom is -0.317 e. The van der Waals surface area contributed by atoms with E-state index in [1.165, 1.54) is 4.88 Å². The lowest BCUT2D eigenvalue weighted by Gasteiger charge is -2.20. The molecule has 0 radical (unpaired) electrons. The minimum atomic E-state index is -0.208. The van der Waals surface area contributed by atoms with Gasteiger partial charge in [0.1, 0.15) is 5.69 Å². The van der Waals surface area contributed by atoms with E-state index in [0.29, 0.717) is 16.7 Å². The highest BCUT2D eigenvalue weighted by Gasteiger charge is 2.19. The SMILES string of the molecule is Cc1cc(C(=O)Nc2ncc(C3CCNCC3)s2)nc2ccccc12.Cl. The second-order valence-corrected chi connectivity index (χ2v) is 7.45. The molecule has 0 saturated carbocycles. The van der Waals surface area contributed by atoms with Crippen molar-refractivity contribution in [2.75, 3.05) is 18.4 Å². The quantitative estimate of drug-likeness (QED) is 0.707. The predicted molar refractivity (Wildman–Crippen MR) is 109 cm³/mol. The maximum absolute atomic E-state index is 12.6. The summed E-state index contributed by atoms with van der Waals surface area (Å²) in [7, 11) is 0. The number of aromatic nitrogens is 2. The Labute approximate surface area is 162 Å². The molecule has 3 aromatic rings. The Morgan fingerprint density at radius 1 is 1.27 bits per heavy atom. The number of carbonyl (C=O) groups is 1. The van der Waals surface area contributed by atoms with Gasteiger partial charge >= 0.3 is 0 Å². The number of anilines is 1. The Balaban J connectivity index is 0.00000196. The van der Waals surface area contributed by atoms with Crippen molar-refractivity contribution in [1.29, 1.82) is 0 Å². The van der Waals surface area contributed by atoms with Crippen molar-refractivity contribution in [3.05, 3.63) is 52.7 Å². The lowest BCUT2D eigenvalue weighted by atomic mass is 9.97. The first-order valence-corrected chi connectivity index (χ1v) is 9.36. The Morgan fingerprint density at radius 3 is 2.85 bits per heavy atom. The van der Waals surface area contributed by atoms with Crippen molar-refractivity contribution in [2.24, 2.45) is 0 Å². The number of pyridine rings is 1. The number of nitrogens with one attached hydrogen (secondary N) is 2. The molecule has 1 aliphatic heterocycles. The largest absolute Gasteiger partial charge is 0.317 e. The number of amides is 1. The molecule has 1 amide bonds. The van der Waals surface area contributed by atoms with E-state index < -0.39 is 0 Å². The first-order valence-electron chi connectivity index (χ1n) is 8.55. The van der Waals surface area contributed by atoms with Gasteiger partial charge in [-0.05, 0) is 56.5 Å². The van der Waals surface area contributed by atoms with Crippen LogP contribution in [0, 0.1) is 6.92 Å². The molecule has 0 spiro atoms. The molecule has 1 fully saturated rings. The molecule has 0 atom stereocenters. The maximum atomic E-state index is 12.6. The van der Waals surface area contributed by atoms with Gasteiger partial charge in [0.15, 0.2) is 5.13 Å². The van der Waals surface area contributed by atoms with Crippen molar-refractivity contribution >= 4 is 45.7 Å². The number of halogens is 1. The maximum Gasteiger partial charge on any atom is 0.276 e. The van der Waals surface area contributed by atoms with Crippen LogP contribution >= 0.6 is 23.7 Å². The number of fused-ring (bicyclic) bond motifs is 1. The van der Waals surface area contributed by atoms with Crippen LogP contribution in [-0.2, 0) is 0 Å². The zero-order valence-corrected chi connectivity index (χ0v) is 16.1. The molecule has 2 aromatic heterocycles. The van der Waals surface area contributed by atoms with Crippen LogP contribution in [0.25, 0.3) is 10.9 Å². The molecule has 5 nitrogen and oxygen atoms in total. The molecule has 136 valence electrons. The molecule has 1 aromatic carbocycles.